The molecule has 116 valence electrons. The van der Waals surface area contributed by atoms with Crippen LogP contribution in [0, 0.1) is 11.8 Å². The standard InChI is InChI=1S/C17H25BrN2O/c1-12(2)10-13-6-5-9-17(11-13,16(19)21)20-15-8-4-3-7-14(15)18/h3-4,7-8,12-13,20H,5-6,9-11H2,1-2H3,(H2,19,21). The molecule has 3 nitrogen and oxygen atoms in total. The predicted molar refractivity (Wildman–Crippen MR) is 91.1 cm³/mol. The van der Waals surface area contributed by atoms with Gasteiger partial charge in [-0.05, 0) is 59.2 Å². The molecule has 0 radical (unpaired) electrons. The van der Waals surface area contributed by atoms with Gasteiger partial charge in [-0.2, -0.15) is 0 Å². The zero-order valence-corrected chi connectivity index (χ0v) is 14.4. The number of primary amides is 1. The average molecular weight is 353 g/mol. The lowest BCUT2D eigenvalue weighted by atomic mass is 9.72. The molecule has 0 saturated heterocycles. The molecule has 2 atom stereocenters. The quantitative estimate of drug-likeness (QED) is 0.828. The molecular formula is C17H25BrN2O. The molecule has 0 bridgehead atoms. The van der Waals surface area contributed by atoms with Gasteiger partial charge < -0.3 is 11.1 Å². The Balaban J connectivity index is 2.20. The van der Waals surface area contributed by atoms with E-state index in [1.807, 2.05) is 24.3 Å². The highest BCUT2D eigenvalue weighted by Crippen LogP contribution is 2.39. The Kier molecular flexibility index (Phi) is 5.31. The van der Waals surface area contributed by atoms with Gasteiger partial charge in [-0.15, -0.1) is 0 Å². The first-order chi connectivity index (χ1) is 9.93. The van der Waals surface area contributed by atoms with E-state index in [9.17, 15) is 4.79 Å². The van der Waals surface area contributed by atoms with E-state index >= 15 is 0 Å². The third-order valence-corrected chi connectivity index (χ3v) is 5.07. The van der Waals surface area contributed by atoms with Gasteiger partial charge in [0.1, 0.15) is 5.54 Å². The Morgan fingerprint density at radius 3 is 2.81 bits per heavy atom. The summed E-state index contributed by atoms with van der Waals surface area (Å²) in [6, 6.07) is 7.90. The molecule has 1 aliphatic carbocycles. The van der Waals surface area contributed by atoms with Crippen LogP contribution < -0.4 is 11.1 Å². The summed E-state index contributed by atoms with van der Waals surface area (Å²) in [4.78, 5) is 12.2. The van der Waals surface area contributed by atoms with Gasteiger partial charge in [0.25, 0.3) is 0 Å². The fourth-order valence-electron chi connectivity index (χ4n) is 3.48. The summed E-state index contributed by atoms with van der Waals surface area (Å²) in [5.41, 5.74) is 6.11. The van der Waals surface area contributed by atoms with Crippen molar-refractivity contribution in [2.75, 3.05) is 5.32 Å². The van der Waals surface area contributed by atoms with Crippen molar-refractivity contribution in [2.45, 2.75) is 51.5 Å². The maximum absolute atomic E-state index is 12.2. The predicted octanol–water partition coefficient (Wildman–Crippen LogP) is 4.32. The SMILES string of the molecule is CC(C)CC1CCCC(Nc2ccccc2Br)(C(N)=O)C1. The topological polar surface area (TPSA) is 55.1 Å². The number of para-hydroxylation sites is 1. The van der Waals surface area contributed by atoms with Crippen LogP contribution in [-0.4, -0.2) is 11.4 Å². The maximum Gasteiger partial charge on any atom is 0.243 e. The van der Waals surface area contributed by atoms with Crippen molar-refractivity contribution in [1.29, 1.82) is 0 Å². The summed E-state index contributed by atoms with van der Waals surface area (Å²) in [5.74, 6) is 0.995. The number of carbonyl (C=O) groups is 1. The molecule has 0 spiro atoms. The van der Waals surface area contributed by atoms with Gasteiger partial charge in [-0.1, -0.05) is 38.8 Å². The number of hydrogen-bond donors (Lipinski definition) is 2. The Bertz CT molecular complexity index is 503. The molecule has 0 aliphatic heterocycles. The van der Waals surface area contributed by atoms with Gasteiger partial charge >= 0.3 is 0 Å². The summed E-state index contributed by atoms with van der Waals surface area (Å²) in [6.07, 6.45) is 5.06. The average Bonchev–Trinajstić information content (AvgIpc) is 2.41. The fourth-order valence-corrected chi connectivity index (χ4v) is 3.86. The Morgan fingerprint density at radius 2 is 2.19 bits per heavy atom. The van der Waals surface area contributed by atoms with E-state index in [2.05, 4.69) is 35.1 Å². The van der Waals surface area contributed by atoms with Crippen LogP contribution in [0.15, 0.2) is 28.7 Å². The van der Waals surface area contributed by atoms with E-state index in [4.69, 9.17) is 5.73 Å². The van der Waals surface area contributed by atoms with Crippen LogP contribution in [0.1, 0.15) is 46.0 Å². The summed E-state index contributed by atoms with van der Waals surface area (Å²) in [7, 11) is 0. The van der Waals surface area contributed by atoms with Crippen LogP contribution >= 0.6 is 15.9 Å². The first-order valence-corrected chi connectivity index (χ1v) is 8.55. The number of carbonyl (C=O) groups excluding carboxylic acids is 1. The molecule has 1 aliphatic rings. The number of anilines is 1. The lowest BCUT2D eigenvalue weighted by Crippen LogP contribution is -2.53. The van der Waals surface area contributed by atoms with Crippen LogP contribution in [0.2, 0.25) is 0 Å². The fraction of sp³-hybridized carbons (Fsp3) is 0.588. The van der Waals surface area contributed by atoms with Crippen molar-refractivity contribution >= 4 is 27.5 Å². The molecule has 2 unspecified atom stereocenters. The highest BCUT2D eigenvalue weighted by atomic mass is 79.9. The van der Waals surface area contributed by atoms with E-state index in [1.54, 1.807) is 0 Å². The van der Waals surface area contributed by atoms with Crippen LogP contribution in [0.5, 0.6) is 0 Å². The molecule has 0 heterocycles. The van der Waals surface area contributed by atoms with E-state index in [0.29, 0.717) is 11.8 Å². The third kappa shape index (κ3) is 4.00. The molecular weight excluding hydrogens is 328 g/mol. The normalized spacial score (nSPS) is 25.8. The lowest BCUT2D eigenvalue weighted by Gasteiger charge is -2.40. The second-order valence-corrected chi connectivity index (χ2v) is 7.50. The second kappa shape index (κ2) is 6.82. The molecule has 1 amide bonds. The monoisotopic (exact) mass is 352 g/mol. The summed E-state index contributed by atoms with van der Waals surface area (Å²) in [6.45, 7) is 4.48. The van der Waals surface area contributed by atoms with E-state index in [1.165, 1.54) is 6.42 Å². The third-order valence-electron chi connectivity index (χ3n) is 4.38. The van der Waals surface area contributed by atoms with Crippen LogP contribution in [-0.2, 0) is 4.79 Å². The van der Waals surface area contributed by atoms with Crippen LogP contribution in [0.3, 0.4) is 0 Å². The Morgan fingerprint density at radius 1 is 1.48 bits per heavy atom. The van der Waals surface area contributed by atoms with Crippen molar-refractivity contribution in [3.63, 3.8) is 0 Å². The van der Waals surface area contributed by atoms with Gasteiger partial charge in [0, 0.05) is 10.2 Å². The molecule has 1 aromatic rings. The number of hydrogen-bond acceptors (Lipinski definition) is 2. The number of benzene rings is 1. The van der Waals surface area contributed by atoms with Gasteiger partial charge in [-0.25, -0.2) is 0 Å². The second-order valence-electron chi connectivity index (χ2n) is 6.64. The first kappa shape index (κ1) is 16.3. The number of rotatable bonds is 5. The van der Waals surface area contributed by atoms with Gasteiger partial charge in [0.2, 0.25) is 5.91 Å². The largest absolute Gasteiger partial charge is 0.370 e. The molecule has 0 aromatic heterocycles. The van der Waals surface area contributed by atoms with Gasteiger partial charge in [0.15, 0.2) is 0 Å². The van der Waals surface area contributed by atoms with Crippen molar-refractivity contribution in [1.82, 2.24) is 0 Å². The first-order valence-electron chi connectivity index (χ1n) is 7.75. The smallest absolute Gasteiger partial charge is 0.243 e. The molecule has 2 rings (SSSR count). The molecule has 21 heavy (non-hydrogen) atoms. The highest BCUT2D eigenvalue weighted by molar-refractivity contribution is 9.10. The Labute approximate surface area is 135 Å². The van der Waals surface area contributed by atoms with E-state index < -0.39 is 5.54 Å². The minimum atomic E-state index is -0.609. The number of nitrogens with one attached hydrogen (secondary N) is 1. The van der Waals surface area contributed by atoms with Crippen molar-refractivity contribution < 1.29 is 4.79 Å². The van der Waals surface area contributed by atoms with Crippen molar-refractivity contribution in [3.8, 4) is 0 Å². The highest BCUT2D eigenvalue weighted by Gasteiger charge is 2.41. The van der Waals surface area contributed by atoms with E-state index in [-0.39, 0.29) is 5.91 Å². The Hall–Kier alpha value is -1.03. The number of halogens is 1. The lowest BCUT2D eigenvalue weighted by molar-refractivity contribution is -0.123. The van der Waals surface area contributed by atoms with Crippen LogP contribution in [0.25, 0.3) is 0 Å². The molecule has 1 fully saturated rings. The maximum atomic E-state index is 12.2. The van der Waals surface area contributed by atoms with Crippen molar-refractivity contribution in [3.05, 3.63) is 28.7 Å². The van der Waals surface area contributed by atoms with Crippen LogP contribution in [0.4, 0.5) is 5.69 Å². The molecule has 3 N–H and O–H groups in total. The van der Waals surface area contributed by atoms with Crippen molar-refractivity contribution in [2.24, 2.45) is 17.6 Å². The molecule has 1 saturated carbocycles. The zero-order chi connectivity index (χ0) is 15.5. The number of amides is 1. The summed E-state index contributed by atoms with van der Waals surface area (Å²) >= 11 is 3.54. The van der Waals surface area contributed by atoms with E-state index in [0.717, 1.165) is 35.8 Å². The molecule has 4 heteroatoms. The van der Waals surface area contributed by atoms with Gasteiger partial charge in [-0.3, -0.25) is 4.79 Å². The minimum absolute atomic E-state index is 0.230. The minimum Gasteiger partial charge on any atom is -0.370 e. The van der Waals surface area contributed by atoms with Gasteiger partial charge in [0.05, 0.1) is 0 Å². The molecule has 1 aromatic carbocycles. The zero-order valence-electron chi connectivity index (χ0n) is 12.9. The summed E-state index contributed by atoms with van der Waals surface area (Å²) in [5, 5.41) is 3.44. The summed E-state index contributed by atoms with van der Waals surface area (Å²) < 4.78 is 0.969. The number of nitrogens with two attached hydrogens (primary N) is 1.